The lowest BCUT2D eigenvalue weighted by molar-refractivity contribution is 0.410. The van der Waals surface area contributed by atoms with Gasteiger partial charge in [0.05, 0.1) is 0 Å². The van der Waals surface area contributed by atoms with Crippen molar-refractivity contribution in [3.8, 4) is 0 Å². The molecule has 2 aromatic rings. The van der Waals surface area contributed by atoms with Crippen LogP contribution in [0.5, 0.6) is 0 Å². The van der Waals surface area contributed by atoms with Gasteiger partial charge < -0.3 is 15.2 Å². The highest BCUT2D eigenvalue weighted by molar-refractivity contribution is 5.47. The molecule has 0 saturated carbocycles. The molecule has 0 atom stereocenters. The standard InChI is InChI=1S/C11H16N6O/c1-3-12-10-6-11(16-8(2)15-10)13-5-4-9-14-7-18-17-9/h6-7H,3-5H2,1-2H3,(H2,12,13,15,16). The topological polar surface area (TPSA) is 88.8 Å². The van der Waals surface area contributed by atoms with E-state index in [1.54, 1.807) is 0 Å². The maximum Gasteiger partial charge on any atom is 0.213 e. The molecule has 0 aliphatic rings. The summed E-state index contributed by atoms with van der Waals surface area (Å²) in [6, 6.07) is 1.88. The summed E-state index contributed by atoms with van der Waals surface area (Å²) in [5.41, 5.74) is 0. The molecule has 2 rings (SSSR count). The second kappa shape index (κ2) is 5.95. The molecule has 0 aromatic carbocycles. The molecule has 2 N–H and O–H groups in total. The summed E-state index contributed by atoms with van der Waals surface area (Å²) < 4.78 is 4.66. The van der Waals surface area contributed by atoms with Gasteiger partial charge in [-0.3, -0.25) is 0 Å². The Morgan fingerprint density at radius 3 is 2.67 bits per heavy atom. The maximum absolute atomic E-state index is 4.66. The van der Waals surface area contributed by atoms with Crippen molar-refractivity contribution in [2.45, 2.75) is 20.3 Å². The summed E-state index contributed by atoms with van der Waals surface area (Å²) in [6.45, 7) is 5.42. The molecule has 7 nitrogen and oxygen atoms in total. The molecular weight excluding hydrogens is 232 g/mol. The minimum absolute atomic E-state index is 0.681. The first-order valence-electron chi connectivity index (χ1n) is 5.86. The Morgan fingerprint density at radius 2 is 2.00 bits per heavy atom. The van der Waals surface area contributed by atoms with Crippen LogP contribution >= 0.6 is 0 Å². The fourth-order valence-electron chi connectivity index (χ4n) is 1.53. The van der Waals surface area contributed by atoms with Crippen LogP contribution in [0.2, 0.25) is 0 Å². The first-order valence-corrected chi connectivity index (χ1v) is 5.86. The van der Waals surface area contributed by atoms with Gasteiger partial charge in [-0.1, -0.05) is 5.16 Å². The second-order valence-corrected chi connectivity index (χ2v) is 3.74. The van der Waals surface area contributed by atoms with Gasteiger partial charge in [0.25, 0.3) is 0 Å². The third-order valence-electron chi connectivity index (χ3n) is 2.26. The largest absolute Gasteiger partial charge is 0.370 e. The van der Waals surface area contributed by atoms with Crippen LogP contribution in [0.1, 0.15) is 18.6 Å². The summed E-state index contributed by atoms with van der Waals surface area (Å²) in [7, 11) is 0. The Bertz CT molecular complexity index is 484. The van der Waals surface area contributed by atoms with Crippen molar-refractivity contribution < 1.29 is 4.52 Å². The van der Waals surface area contributed by atoms with E-state index in [0.29, 0.717) is 18.8 Å². The van der Waals surface area contributed by atoms with Crippen molar-refractivity contribution in [3.05, 3.63) is 24.1 Å². The van der Waals surface area contributed by atoms with E-state index in [-0.39, 0.29) is 0 Å². The van der Waals surface area contributed by atoms with Crippen LogP contribution in [0.3, 0.4) is 0 Å². The monoisotopic (exact) mass is 248 g/mol. The van der Waals surface area contributed by atoms with E-state index >= 15 is 0 Å². The lowest BCUT2D eigenvalue weighted by atomic mass is 10.4. The molecule has 0 amide bonds. The summed E-state index contributed by atoms with van der Waals surface area (Å²) in [6.07, 6.45) is 2.02. The van der Waals surface area contributed by atoms with Crippen molar-refractivity contribution in [2.75, 3.05) is 23.7 Å². The zero-order valence-corrected chi connectivity index (χ0v) is 10.5. The van der Waals surface area contributed by atoms with Crippen molar-refractivity contribution in [2.24, 2.45) is 0 Å². The second-order valence-electron chi connectivity index (χ2n) is 3.74. The molecule has 2 aromatic heterocycles. The number of rotatable bonds is 6. The van der Waals surface area contributed by atoms with E-state index in [4.69, 9.17) is 0 Å². The molecule has 0 unspecified atom stereocenters. The quantitative estimate of drug-likeness (QED) is 0.795. The van der Waals surface area contributed by atoms with Gasteiger partial charge in [-0.15, -0.1) is 0 Å². The van der Waals surface area contributed by atoms with Gasteiger partial charge in [0.15, 0.2) is 5.82 Å². The molecule has 2 heterocycles. The van der Waals surface area contributed by atoms with Gasteiger partial charge in [-0.05, 0) is 13.8 Å². The Morgan fingerprint density at radius 1 is 1.22 bits per heavy atom. The van der Waals surface area contributed by atoms with Crippen LogP contribution < -0.4 is 10.6 Å². The Labute approximate surface area is 105 Å². The number of nitrogens with zero attached hydrogens (tertiary/aromatic N) is 4. The molecular formula is C11H16N6O. The SMILES string of the molecule is CCNc1cc(NCCc2ncon2)nc(C)n1. The average Bonchev–Trinajstić information content (AvgIpc) is 2.82. The number of hydrogen-bond acceptors (Lipinski definition) is 7. The van der Waals surface area contributed by atoms with Crippen LogP contribution in [0.15, 0.2) is 17.0 Å². The van der Waals surface area contributed by atoms with Crippen molar-refractivity contribution >= 4 is 11.6 Å². The van der Waals surface area contributed by atoms with Crippen LogP contribution in [-0.4, -0.2) is 33.2 Å². The molecule has 0 radical (unpaired) electrons. The Hall–Kier alpha value is -2.18. The highest BCUT2D eigenvalue weighted by Crippen LogP contribution is 2.10. The third kappa shape index (κ3) is 3.41. The zero-order valence-electron chi connectivity index (χ0n) is 10.5. The molecule has 0 saturated heterocycles. The van der Waals surface area contributed by atoms with E-state index in [2.05, 4.69) is 35.3 Å². The predicted molar refractivity (Wildman–Crippen MR) is 67.4 cm³/mol. The van der Waals surface area contributed by atoms with Gasteiger partial charge in [0, 0.05) is 25.6 Å². The minimum Gasteiger partial charge on any atom is -0.370 e. The number of aromatic nitrogens is 4. The highest BCUT2D eigenvalue weighted by atomic mass is 16.5. The lowest BCUT2D eigenvalue weighted by Crippen LogP contribution is -2.09. The molecule has 0 aliphatic carbocycles. The molecule has 96 valence electrons. The van der Waals surface area contributed by atoms with E-state index < -0.39 is 0 Å². The molecule has 7 heteroatoms. The minimum atomic E-state index is 0.681. The summed E-state index contributed by atoms with van der Waals surface area (Å²) in [5, 5.41) is 10.1. The summed E-state index contributed by atoms with van der Waals surface area (Å²) in [4.78, 5) is 12.5. The highest BCUT2D eigenvalue weighted by Gasteiger charge is 2.02. The van der Waals surface area contributed by atoms with Crippen LogP contribution in [0, 0.1) is 6.92 Å². The molecule has 0 fully saturated rings. The fourth-order valence-corrected chi connectivity index (χ4v) is 1.53. The van der Waals surface area contributed by atoms with Gasteiger partial charge in [0.1, 0.15) is 17.5 Å². The molecule has 18 heavy (non-hydrogen) atoms. The predicted octanol–water partition coefficient (Wildman–Crippen LogP) is 1.25. The number of nitrogens with one attached hydrogen (secondary N) is 2. The van der Waals surface area contributed by atoms with Gasteiger partial charge in [-0.25, -0.2) is 9.97 Å². The third-order valence-corrected chi connectivity index (χ3v) is 2.26. The number of aryl methyl sites for hydroxylation is 1. The number of anilines is 2. The van der Waals surface area contributed by atoms with E-state index in [0.717, 1.165) is 24.0 Å². The smallest absolute Gasteiger partial charge is 0.213 e. The summed E-state index contributed by atoms with van der Waals surface area (Å²) in [5.74, 6) is 3.03. The average molecular weight is 248 g/mol. The van der Waals surface area contributed by atoms with Gasteiger partial charge in [-0.2, -0.15) is 4.98 Å². The summed E-state index contributed by atoms with van der Waals surface area (Å²) >= 11 is 0. The van der Waals surface area contributed by atoms with Crippen molar-refractivity contribution in [1.82, 2.24) is 20.1 Å². The van der Waals surface area contributed by atoms with Crippen LogP contribution in [0.25, 0.3) is 0 Å². The van der Waals surface area contributed by atoms with Gasteiger partial charge in [0.2, 0.25) is 6.39 Å². The van der Waals surface area contributed by atoms with Crippen LogP contribution in [0.4, 0.5) is 11.6 Å². The van der Waals surface area contributed by atoms with Gasteiger partial charge >= 0.3 is 0 Å². The number of hydrogen-bond donors (Lipinski definition) is 2. The van der Waals surface area contributed by atoms with Crippen molar-refractivity contribution in [3.63, 3.8) is 0 Å². The van der Waals surface area contributed by atoms with Crippen LogP contribution in [-0.2, 0) is 6.42 Å². The lowest BCUT2D eigenvalue weighted by Gasteiger charge is -2.08. The first-order chi connectivity index (χ1) is 8.78. The van der Waals surface area contributed by atoms with E-state index in [1.807, 2.05) is 19.9 Å². The Kier molecular flexibility index (Phi) is 4.06. The molecule has 0 spiro atoms. The molecule has 0 aliphatic heterocycles. The maximum atomic E-state index is 4.66. The fraction of sp³-hybridized carbons (Fsp3) is 0.455. The first kappa shape index (κ1) is 12.3. The van der Waals surface area contributed by atoms with E-state index in [9.17, 15) is 0 Å². The van der Waals surface area contributed by atoms with Crippen molar-refractivity contribution in [1.29, 1.82) is 0 Å². The normalized spacial score (nSPS) is 10.3. The zero-order chi connectivity index (χ0) is 12.8. The molecule has 0 bridgehead atoms. The Balaban J connectivity index is 1.92. The van der Waals surface area contributed by atoms with E-state index in [1.165, 1.54) is 6.39 Å².